The molecule has 0 radical (unpaired) electrons. The van der Waals surface area contributed by atoms with Gasteiger partial charge in [-0.15, -0.1) is 0 Å². The van der Waals surface area contributed by atoms with Gasteiger partial charge in [-0.1, -0.05) is 12.1 Å². The Morgan fingerprint density at radius 1 is 1.13 bits per heavy atom. The number of carbonyl (C=O) groups excluding carboxylic acids is 1. The summed E-state index contributed by atoms with van der Waals surface area (Å²) in [5.41, 5.74) is 2.65. The van der Waals surface area contributed by atoms with Crippen molar-refractivity contribution in [2.75, 3.05) is 25.5 Å². The fourth-order valence-electron chi connectivity index (χ4n) is 4.13. The van der Waals surface area contributed by atoms with Crippen molar-refractivity contribution in [2.24, 2.45) is 5.92 Å². The van der Waals surface area contributed by atoms with Gasteiger partial charge >= 0.3 is 0 Å². The van der Waals surface area contributed by atoms with Crippen LogP contribution in [0.3, 0.4) is 0 Å². The van der Waals surface area contributed by atoms with Gasteiger partial charge in [0.2, 0.25) is 0 Å². The zero-order valence-corrected chi connectivity index (χ0v) is 17.9. The highest BCUT2D eigenvalue weighted by Gasteiger charge is 2.26. The molecule has 0 unspecified atom stereocenters. The summed E-state index contributed by atoms with van der Waals surface area (Å²) in [6.07, 6.45) is 7.63. The number of aromatic nitrogens is 3. The lowest BCUT2D eigenvalue weighted by Gasteiger charge is -2.33. The highest BCUT2D eigenvalue weighted by atomic mass is 16.1. The van der Waals surface area contributed by atoms with Gasteiger partial charge in [0, 0.05) is 48.3 Å². The number of fused-ring (bicyclic) bond motifs is 1. The number of hydrogen-bond donors (Lipinski definition) is 1. The van der Waals surface area contributed by atoms with Crippen molar-refractivity contribution in [3.63, 3.8) is 0 Å². The third-order valence-corrected chi connectivity index (χ3v) is 6.04. The number of likely N-dealkylation sites (tertiary alicyclic amines) is 1. The van der Waals surface area contributed by atoms with Crippen LogP contribution in [0, 0.1) is 5.92 Å². The highest BCUT2D eigenvalue weighted by molar-refractivity contribution is 5.88. The van der Waals surface area contributed by atoms with Crippen LogP contribution in [0.5, 0.6) is 0 Å². The van der Waals surface area contributed by atoms with E-state index in [-0.39, 0.29) is 5.92 Å². The Balaban J connectivity index is 1.50. The van der Waals surface area contributed by atoms with Gasteiger partial charge in [0.25, 0.3) is 0 Å². The lowest BCUT2D eigenvalue weighted by molar-refractivity contribution is -0.123. The summed E-state index contributed by atoms with van der Waals surface area (Å²) in [6, 6.07) is 8.75. The van der Waals surface area contributed by atoms with Crippen LogP contribution in [0.2, 0.25) is 0 Å². The number of carbonyl (C=O) groups is 1. The number of rotatable bonds is 6. The number of piperidine rings is 1. The molecule has 0 spiro atoms. The van der Waals surface area contributed by atoms with Gasteiger partial charge in [-0.25, -0.2) is 4.98 Å². The van der Waals surface area contributed by atoms with Crippen molar-refractivity contribution in [1.29, 1.82) is 0 Å². The molecule has 30 heavy (non-hydrogen) atoms. The maximum absolute atomic E-state index is 12.9. The topological polar surface area (TPSA) is 71.0 Å². The molecule has 3 heterocycles. The van der Waals surface area contributed by atoms with E-state index >= 15 is 0 Å². The van der Waals surface area contributed by atoms with E-state index in [9.17, 15) is 4.79 Å². The van der Waals surface area contributed by atoms with E-state index in [1.54, 1.807) is 12.4 Å². The molecule has 0 atom stereocenters. The van der Waals surface area contributed by atoms with Gasteiger partial charge in [-0.2, -0.15) is 0 Å². The standard InChI is InChI=1S/C24H29N5O/c1-16(2)29-8-6-17(7-9-29)23(30)12-21-11-20-10-18(4-5-19(20)13-27-21)22-14-26-15-24(25-3)28-22/h4-5,10-11,13-17H,6-9,12H2,1-3H3,(H,25,28). The van der Waals surface area contributed by atoms with Crippen LogP contribution in [-0.2, 0) is 11.2 Å². The fraction of sp³-hybridized carbons (Fsp3) is 0.417. The first-order chi connectivity index (χ1) is 14.5. The van der Waals surface area contributed by atoms with Gasteiger partial charge in [-0.3, -0.25) is 14.8 Å². The van der Waals surface area contributed by atoms with Crippen LogP contribution in [-0.4, -0.2) is 51.8 Å². The minimum atomic E-state index is 0.156. The van der Waals surface area contributed by atoms with Crippen LogP contribution in [0.25, 0.3) is 22.0 Å². The quantitative estimate of drug-likeness (QED) is 0.672. The molecular formula is C24H29N5O. The molecule has 1 fully saturated rings. The Hall–Kier alpha value is -2.86. The van der Waals surface area contributed by atoms with Gasteiger partial charge < -0.3 is 10.2 Å². The number of hydrogen-bond acceptors (Lipinski definition) is 6. The van der Waals surface area contributed by atoms with Crippen molar-refractivity contribution >= 4 is 22.4 Å². The van der Waals surface area contributed by atoms with Crippen molar-refractivity contribution in [2.45, 2.75) is 39.2 Å². The van der Waals surface area contributed by atoms with Crippen LogP contribution >= 0.6 is 0 Å². The molecule has 1 saturated heterocycles. The van der Waals surface area contributed by atoms with Crippen LogP contribution < -0.4 is 5.32 Å². The summed E-state index contributed by atoms with van der Waals surface area (Å²) in [4.78, 5) is 28.7. The van der Waals surface area contributed by atoms with E-state index in [2.05, 4.69) is 45.1 Å². The summed E-state index contributed by atoms with van der Waals surface area (Å²) >= 11 is 0. The lowest BCUT2D eigenvalue weighted by atomic mass is 9.89. The van der Waals surface area contributed by atoms with Gasteiger partial charge in [0.15, 0.2) is 0 Å². The van der Waals surface area contributed by atoms with Crippen LogP contribution in [0.1, 0.15) is 32.4 Å². The Morgan fingerprint density at radius 3 is 2.67 bits per heavy atom. The molecule has 0 saturated carbocycles. The predicted molar refractivity (Wildman–Crippen MR) is 120 cm³/mol. The maximum Gasteiger partial charge on any atom is 0.144 e. The molecule has 0 aliphatic carbocycles. The van der Waals surface area contributed by atoms with E-state index in [0.29, 0.717) is 18.2 Å². The van der Waals surface area contributed by atoms with E-state index in [1.807, 2.05) is 31.4 Å². The van der Waals surface area contributed by atoms with Crippen molar-refractivity contribution < 1.29 is 4.79 Å². The van der Waals surface area contributed by atoms with Crippen molar-refractivity contribution in [3.05, 3.63) is 48.5 Å². The highest BCUT2D eigenvalue weighted by Crippen LogP contribution is 2.25. The summed E-state index contributed by atoms with van der Waals surface area (Å²) < 4.78 is 0. The number of nitrogens with one attached hydrogen (secondary N) is 1. The zero-order chi connectivity index (χ0) is 21.1. The summed E-state index contributed by atoms with van der Waals surface area (Å²) in [5, 5.41) is 5.14. The van der Waals surface area contributed by atoms with E-state index in [1.165, 1.54) is 0 Å². The Kier molecular flexibility index (Phi) is 6.04. The molecule has 1 aromatic carbocycles. The molecule has 6 nitrogen and oxygen atoms in total. The first-order valence-electron chi connectivity index (χ1n) is 10.7. The van der Waals surface area contributed by atoms with Crippen molar-refractivity contribution in [1.82, 2.24) is 19.9 Å². The minimum Gasteiger partial charge on any atom is -0.372 e. The molecule has 4 rings (SSSR count). The normalized spacial score (nSPS) is 15.6. The number of ketones is 1. The molecular weight excluding hydrogens is 374 g/mol. The summed E-state index contributed by atoms with van der Waals surface area (Å²) in [5.74, 6) is 1.20. The largest absolute Gasteiger partial charge is 0.372 e. The predicted octanol–water partition coefficient (Wildman–Crippen LogP) is 3.97. The van der Waals surface area contributed by atoms with Crippen LogP contribution in [0.15, 0.2) is 42.9 Å². The maximum atomic E-state index is 12.9. The van der Waals surface area contributed by atoms with E-state index in [0.717, 1.165) is 59.5 Å². The second-order valence-corrected chi connectivity index (χ2v) is 8.32. The molecule has 1 aliphatic rings. The average Bonchev–Trinajstić information content (AvgIpc) is 2.78. The molecule has 6 heteroatoms. The Morgan fingerprint density at radius 2 is 1.93 bits per heavy atom. The first-order valence-corrected chi connectivity index (χ1v) is 10.7. The number of nitrogens with zero attached hydrogens (tertiary/aromatic N) is 4. The SMILES string of the molecule is CNc1cncc(-c2ccc3cnc(CC(=O)C4CCN(C(C)C)CC4)cc3c2)n1. The third kappa shape index (κ3) is 4.49. The lowest BCUT2D eigenvalue weighted by Crippen LogP contribution is -2.40. The minimum absolute atomic E-state index is 0.156. The van der Waals surface area contributed by atoms with Gasteiger partial charge in [0.05, 0.1) is 18.1 Å². The van der Waals surface area contributed by atoms with Gasteiger partial charge in [-0.05, 0) is 57.3 Å². The fourth-order valence-corrected chi connectivity index (χ4v) is 4.13. The number of benzene rings is 1. The van der Waals surface area contributed by atoms with E-state index in [4.69, 9.17) is 0 Å². The molecule has 2 aromatic heterocycles. The average molecular weight is 404 g/mol. The molecule has 156 valence electrons. The summed E-state index contributed by atoms with van der Waals surface area (Å²) in [7, 11) is 1.83. The summed E-state index contributed by atoms with van der Waals surface area (Å²) in [6.45, 7) is 6.45. The van der Waals surface area contributed by atoms with E-state index < -0.39 is 0 Å². The monoisotopic (exact) mass is 403 g/mol. The third-order valence-electron chi connectivity index (χ3n) is 6.04. The smallest absolute Gasteiger partial charge is 0.144 e. The second kappa shape index (κ2) is 8.88. The molecule has 1 aliphatic heterocycles. The first kappa shape index (κ1) is 20.4. The number of Topliss-reactive ketones (excluding diaryl/α,β-unsaturated/α-hetero) is 1. The number of anilines is 1. The number of pyridine rings is 1. The van der Waals surface area contributed by atoms with Gasteiger partial charge in [0.1, 0.15) is 11.6 Å². The molecule has 0 amide bonds. The van der Waals surface area contributed by atoms with Crippen LogP contribution in [0.4, 0.5) is 5.82 Å². The molecule has 3 aromatic rings. The molecule has 0 bridgehead atoms. The Labute approximate surface area is 177 Å². The molecule has 1 N–H and O–H groups in total. The Bertz CT molecular complexity index is 1040. The second-order valence-electron chi connectivity index (χ2n) is 8.32. The zero-order valence-electron chi connectivity index (χ0n) is 17.9. The van der Waals surface area contributed by atoms with Crippen molar-refractivity contribution in [3.8, 4) is 11.3 Å².